The molecule has 2 aromatic rings. The molecule has 0 aliphatic carbocycles. The van der Waals surface area contributed by atoms with Gasteiger partial charge in [-0.05, 0) is 24.6 Å². The first-order valence-corrected chi connectivity index (χ1v) is 8.02. The number of hydrogen-bond acceptors (Lipinski definition) is 4. The average Bonchev–Trinajstić information content (AvgIpc) is 2.77. The largest absolute Gasteiger partial charge is 0.441 e. The number of aryl methyl sites for hydroxylation is 1. The summed E-state index contributed by atoms with van der Waals surface area (Å²) in [6.45, 7) is 6.21. The maximum atomic E-state index is 12.7. The summed E-state index contributed by atoms with van der Waals surface area (Å²) >= 11 is 0. The van der Waals surface area contributed by atoms with Crippen LogP contribution in [0, 0.1) is 6.92 Å². The van der Waals surface area contributed by atoms with E-state index < -0.39 is 0 Å². The minimum absolute atomic E-state index is 0.0215. The van der Waals surface area contributed by atoms with E-state index in [1.54, 1.807) is 19.1 Å². The molecule has 0 N–H and O–H groups in total. The molecule has 1 aliphatic rings. The summed E-state index contributed by atoms with van der Waals surface area (Å²) in [6.07, 6.45) is 1.32. The Morgan fingerprint density at radius 3 is 2.70 bits per heavy atom. The Bertz CT molecular complexity index is 738. The third-order valence-electron chi connectivity index (χ3n) is 4.18. The van der Waals surface area contributed by atoms with Gasteiger partial charge in [-0.25, -0.2) is 4.98 Å². The first-order chi connectivity index (χ1) is 11.1. The highest BCUT2D eigenvalue weighted by Gasteiger charge is 2.22. The summed E-state index contributed by atoms with van der Waals surface area (Å²) in [5.41, 5.74) is 1.99. The molecule has 0 unspecified atom stereocenters. The molecule has 0 bridgehead atoms. The van der Waals surface area contributed by atoms with Gasteiger partial charge in [-0.2, -0.15) is 0 Å². The number of hydrogen-bond donors (Lipinski definition) is 0. The third-order valence-corrected chi connectivity index (χ3v) is 4.18. The van der Waals surface area contributed by atoms with E-state index in [1.807, 2.05) is 22.8 Å². The van der Waals surface area contributed by atoms with Gasteiger partial charge < -0.3 is 14.2 Å². The molecule has 1 aliphatic heterocycles. The summed E-state index contributed by atoms with van der Waals surface area (Å²) < 4.78 is 5.50. The van der Waals surface area contributed by atoms with Crippen molar-refractivity contribution < 1.29 is 14.0 Å². The highest BCUT2D eigenvalue weighted by atomic mass is 16.3. The lowest BCUT2D eigenvalue weighted by Gasteiger charge is -2.22. The van der Waals surface area contributed by atoms with Crippen LogP contribution in [0.3, 0.4) is 0 Å². The van der Waals surface area contributed by atoms with Crippen molar-refractivity contribution in [2.24, 2.45) is 0 Å². The lowest BCUT2D eigenvalue weighted by Crippen LogP contribution is -2.37. The molecule has 3 rings (SSSR count). The fraction of sp³-hybridized carbons (Fsp3) is 0.471. The molecule has 1 fully saturated rings. The predicted octanol–water partition coefficient (Wildman–Crippen LogP) is 2.22. The van der Waals surface area contributed by atoms with Gasteiger partial charge in [0.25, 0.3) is 5.91 Å². The monoisotopic (exact) mass is 315 g/mol. The number of amides is 2. The van der Waals surface area contributed by atoms with E-state index in [0.29, 0.717) is 43.1 Å². The zero-order valence-electron chi connectivity index (χ0n) is 13.5. The summed E-state index contributed by atoms with van der Waals surface area (Å²) in [6, 6.07) is 5.34. The topological polar surface area (TPSA) is 66.7 Å². The quantitative estimate of drug-likeness (QED) is 0.852. The van der Waals surface area contributed by atoms with E-state index in [0.717, 1.165) is 18.5 Å². The van der Waals surface area contributed by atoms with Crippen LogP contribution < -0.4 is 0 Å². The van der Waals surface area contributed by atoms with Crippen molar-refractivity contribution in [3.8, 4) is 0 Å². The zero-order chi connectivity index (χ0) is 16.4. The lowest BCUT2D eigenvalue weighted by molar-refractivity contribution is -0.130. The Kier molecular flexibility index (Phi) is 4.32. The fourth-order valence-electron chi connectivity index (χ4n) is 2.95. The van der Waals surface area contributed by atoms with E-state index in [9.17, 15) is 9.59 Å². The van der Waals surface area contributed by atoms with E-state index in [4.69, 9.17) is 4.42 Å². The second kappa shape index (κ2) is 6.40. The van der Waals surface area contributed by atoms with Gasteiger partial charge in [-0.3, -0.25) is 9.59 Å². The number of nitrogens with zero attached hydrogens (tertiary/aromatic N) is 3. The number of aromatic nitrogens is 1. The predicted molar refractivity (Wildman–Crippen MR) is 86.1 cm³/mol. The van der Waals surface area contributed by atoms with Crippen molar-refractivity contribution in [2.45, 2.75) is 26.7 Å². The van der Waals surface area contributed by atoms with Gasteiger partial charge in [0.15, 0.2) is 11.5 Å². The Labute approximate surface area is 135 Å². The lowest BCUT2D eigenvalue weighted by atomic mass is 10.1. The van der Waals surface area contributed by atoms with Crippen LogP contribution in [0.15, 0.2) is 22.6 Å². The maximum Gasteiger partial charge on any atom is 0.254 e. The SMILES string of the molecule is CCC(=O)N1CCCN(C(=O)c2ccc3nc(C)oc3c2)CC1. The highest BCUT2D eigenvalue weighted by Crippen LogP contribution is 2.18. The minimum Gasteiger partial charge on any atom is -0.441 e. The summed E-state index contributed by atoms with van der Waals surface area (Å²) in [7, 11) is 0. The van der Waals surface area contributed by atoms with Crippen LogP contribution in [-0.4, -0.2) is 52.8 Å². The van der Waals surface area contributed by atoms with Crippen molar-refractivity contribution >= 4 is 22.9 Å². The number of carbonyl (C=O) groups excluding carboxylic acids is 2. The molecule has 0 spiro atoms. The van der Waals surface area contributed by atoms with Crippen LogP contribution in [-0.2, 0) is 4.79 Å². The number of carbonyl (C=O) groups is 2. The van der Waals surface area contributed by atoms with Crippen LogP contribution in [0.2, 0.25) is 0 Å². The molecular formula is C17H21N3O3. The molecule has 0 saturated carbocycles. The van der Waals surface area contributed by atoms with Gasteiger partial charge in [0, 0.05) is 45.1 Å². The minimum atomic E-state index is -0.0215. The van der Waals surface area contributed by atoms with Crippen LogP contribution in [0.25, 0.3) is 11.1 Å². The third kappa shape index (κ3) is 3.21. The smallest absolute Gasteiger partial charge is 0.254 e. The van der Waals surface area contributed by atoms with E-state index in [1.165, 1.54) is 0 Å². The summed E-state index contributed by atoms with van der Waals surface area (Å²) in [5.74, 6) is 0.720. The molecule has 1 aromatic heterocycles. The van der Waals surface area contributed by atoms with Crippen LogP contribution in [0.4, 0.5) is 0 Å². The molecular weight excluding hydrogens is 294 g/mol. The normalized spacial score (nSPS) is 15.7. The van der Waals surface area contributed by atoms with Gasteiger partial charge in [-0.1, -0.05) is 6.92 Å². The number of oxazole rings is 1. The van der Waals surface area contributed by atoms with E-state index >= 15 is 0 Å². The van der Waals surface area contributed by atoms with Crippen LogP contribution >= 0.6 is 0 Å². The van der Waals surface area contributed by atoms with Crippen molar-refractivity contribution in [1.29, 1.82) is 0 Å². The molecule has 6 heteroatoms. The molecule has 0 atom stereocenters. The molecule has 2 amide bonds. The highest BCUT2D eigenvalue weighted by molar-refractivity contribution is 5.97. The summed E-state index contributed by atoms with van der Waals surface area (Å²) in [4.78, 5) is 32.4. The van der Waals surface area contributed by atoms with Gasteiger partial charge in [0.05, 0.1) is 0 Å². The number of fused-ring (bicyclic) bond motifs is 1. The van der Waals surface area contributed by atoms with Crippen LogP contribution in [0.1, 0.15) is 36.0 Å². The van der Waals surface area contributed by atoms with Gasteiger partial charge in [0.2, 0.25) is 5.91 Å². The Hall–Kier alpha value is -2.37. The Morgan fingerprint density at radius 2 is 1.91 bits per heavy atom. The van der Waals surface area contributed by atoms with Gasteiger partial charge in [-0.15, -0.1) is 0 Å². The summed E-state index contributed by atoms with van der Waals surface area (Å²) in [5, 5.41) is 0. The molecule has 122 valence electrons. The van der Waals surface area contributed by atoms with Gasteiger partial charge >= 0.3 is 0 Å². The molecule has 23 heavy (non-hydrogen) atoms. The maximum absolute atomic E-state index is 12.7. The Balaban J connectivity index is 1.74. The second-order valence-corrected chi connectivity index (χ2v) is 5.80. The number of benzene rings is 1. The van der Waals surface area contributed by atoms with E-state index in [-0.39, 0.29) is 11.8 Å². The molecule has 1 aromatic carbocycles. The van der Waals surface area contributed by atoms with E-state index in [2.05, 4.69) is 4.98 Å². The first-order valence-electron chi connectivity index (χ1n) is 8.02. The van der Waals surface area contributed by atoms with Crippen molar-refractivity contribution in [1.82, 2.24) is 14.8 Å². The van der Waals surface area contributed by atoms with Crippen molar-refractivity contribution in [3.05, 3.63) is 29.7 Å². The standard InChI is InChI=1S/C17H21N3O3/c1-3-16(21)19-7-4-8-20(10-9-19)17(22)13-5-6-14-15(11-13)23-12(2)18-14/h5-6,11H,3-4,7-10H2,1-2H3. The zero-order valence-corrected chi connectivity index (χ0v) is 13.5. The van der Waals surface area contributed by atoms with Crippen molar-refractivity contribution in [2.75, 3.05) is 26.2 Å². The fourth-order valence-corrected chi connectivity index (χ4v) is 2.95. The molecule has 0 radical (unpaired) electrons. The number of rotatable bonds is 2. The van der Waals surface area contributed by atoms with Crippen LogP contribution in [0.5, 0.6) is 0 Å². The van der Waals surface area contributed by atoms with Gasteiger partial charge in [0.1, 0.15) is 5.52 Å². The Morgan fingerprint density at radius 1 is 1.17 bits per heavy atom. The molecule has 6 nitrogen and oxygen atoms in total. The second-order valence-electron chi connectivity index (χ2n) is 5.80. The molecule has 2 heterocycles. The van der Waals surface area contributed by atoms with Crippen molar-refractivity contribution in [3.63, 3.8) is 0 Å². The molecule has 1 saturated heterocycles. The average molecular weight is 315 g/mol. The first kappa shape index (κ1) is 15.5.